The molecule has 0 atom stereocenters. The van der Waals surface area contributed by atoms with Crippen molar-refractivity contribution in [3.8, 4) is 11.5 Å². The minimum atomic E-state index is -0.618. The van der Waals surface area contributed by atoms with E-state index in [4.69, 9.17) is 14.2 Å². The molecular weight excluding hydrogens is 298 g/mol. The highest BCUT2D eigenvalue weighted by Gasteiger charge is 2.14. The fourth-order valence-corrected chi connectivity index (χ4v) is 1.89. The molecule has 2 aromatic carbocycles. The number of amides is 1. The number of nitrogens with one attached hydrogen (secondary N) is 1. The van der Waals surface area contributed by atoms with E-state index >= 15 is 0 Å². The molecule has 1 amide bonds. The molecule has 0 aromatic heterocycles. The van der Waals surface area contributed by atoms with E-state index in [9.17, 15) is 9.59 Å². The molecule has 1 N–H and O–H groups in total. The van der Waals surface area contributed by atoms with E-state index in [-0.39, 0.29) is 12.2 Å². The van der Waals surface area contributed by atoms with Crippen LogP contribution in [0.1, 0.15) is 10.4 Å². The van der Waals surface area contributed by atoms with Gasteiger partial charge >= 0.3 is 5.97 Å². The first-order valence-electron chi connectivity index (χ1n) is 6.88. The molecule has 0 radical (unpaired) electrons. The Kier molecular flexibility index (Phi) is 5.57. The van der Waals surface area contributed by atoms with Gasteiger partial charge in [0.05, 0.1) is 14.2 Å². The van der Waals surface area contributed by atoms with Gasteiger partial charge in [-0.15, -0.1) is 0 Å². The van der Waals surface area contributed by atoms with Gasteiger partial charge in [0.15, 0.2) is 6.61 Å². The van der Waals surface area contributed by atoms with Gasteiger partial charge in [-0.3, -0.25) is 4.79 Å². The van der Waals surface area contributed by atoms with Crippen LogP contribution < -0.4 is 14.8 Å². The van der Waals surface area contributed by atoms with Gasteiger partial charge in [-0.2, -0.15) is 0 Å². The molecule has 6 nitrogen and oxygen atoms in total. The van der Waals surface area contributed by atoms with Crippen LogP contribution in [0.25, 0.3) is 0 Å². The van der Waals surface area contributed by atoms with Crippen LogP contribution in [0.4, 0.5) is 5.69 Å². The van der Waals surface area contributed by atoms with Gasteiger partial charge in [0.25, 0.3) is 5.91 Å². The van der Waals surface area contributed by atoms with Gasteiger partial charge in [-0.25, -0.2) is 4.79 Å². The van der Waals surface area contributed by atoms with Crippen LogP contribution in [0.2, 0.25) is 0 Å². The first kappa shape index (κ1) is 16.4. The Bertz CT molecular complexity index is 682. The maximum Gasteiger partial charge on any atom is 0.342 e. The summed E-state index contributed by atoms with van der Waals surface area (Å²) in [6.45, 7) is -0.386. The number of hydrogen-bond acceptors (Lipinski definition) is 5. The number of ether oxygens (including phenoxy) is 3. The van der Waals surface area contributed by atoms with E-state index in [0.717, 1.165) is 0 Å². The van der Waals surface area contributed by atoms with E-state index in [2.05, 4.69) is 5.32 Å². The molecule has 6 heteroatoms. The van der Waals surface area contributed by atoms with Crippen LogP contribution in [0.5, 0.6) is 11.5 Å². The van der Waals surface area contributed by atoms with Crippen molar-refractivity contribution in [1.29, 1.82) is 0 Å². The summed E-state index contributed by atoms with van der Waals surface area (Å²) in [5.74, 6) is 0.0319. The summed E-state index contributed by atoms with van der Waals surface area (Å²) in [5.41, 5.74) is 0.858. The number of carbonyl (C=O) groups is 2. The number of hydrogen-bond donors (Lipinski definition) is 1. The minimum absolute atomic E-state index is 0.271. The van der Waals surface area contributed by atoms with Crippen LogP contribution in [0.3, 0.4) is 0 Å². The summed E-state index contributed by atoms with van der Waals surface area (Å²) in [7, 11) is 3.02. The third-order valence-electron chi connectivity index (χ3n) is 3.04. The Labute approximate surface area is 134 Å². The van der Waals surface area contributed by atoms with Crippen molar-refractivity contribution in [3.05, 3.63) is 54.1 Å². The standard InChI is InChI=1S/C17H17NO5/c1-21-13-9-7-12(8-10-13)18-16(19)11-23-17(20)14-5-3-4-6-15(14)22-2/h3-10H,11H2,1-2H3,(H,18,19). The second-order valence-electron chi connectivity index (χ2n) is 4.55. The number of methoxy groups -OCH3 is 2. The lowest BCUT2D eigenvalue weighted by molar-refractivity contribution is -0.119. The van der Waals surface area contributed by atoms with Crippen molar-refractivity contribution in [3.63, 3.8) is 0 Å². The predicted octanol–water partition coefficient (Wildman–Crippen LogP) is 2.50. The van der Waals surface area contributed by atoms with Crippen LogP contribution in [0.15, 0.2) is 48.5 Å². The van der Waals surface area contributed by atoms with Crippen molar-refractivity contribution < 1.29 is 23.8 Å². The Morgan fingerprint density at radius 1 is 0.957 bits per heavy atom. The summed E-state index contributed by atoms with van der Waals surface area (Å²) in [6, 6.07) is 13.5. The van der Waals surface area contributed by atoms with Crippen molar-refractivity contribution in [2.45, 2.75) is 0 Å². The molecule has 0 fully saturated rings. The molecule has 2 aromatic rings. The largest absolute Gasteiger partial charge is 0.497 e. The average molecular weight is 315 g/mol. The molecule has 0 saturated heterocycles. The molecular formula is C17H17NO5. The summed E-state index contributed by atoms with van der Waals surface area (Å²) < 4.78 is 15.1. The molecule has 23 heavy (non-hydrogen) atoms. The lowest BCUT2D eigenvalue weighted by Gasteiger charge is -2.09. The Balaban J connectivity index is 1.89. The smallest absolute Gasteiger partial charge is 0.342 e. The monoisotopic (exact) mass is 315 g/mol. The molecule has 0 saturated carbocycles. The first-order chi connectivity index (χ1) is 11.1. The van der Waals surface area contributed by atoms with Gasteiger partial charge in [0.1, 0.15) is 17.1 Å². The quantitative estimate of drug-likeness (QED) is 0.829. The molecule has 0 aliphatic heterocycles. The highest BCUT2D eigenvalue weighted by atomic mass is 16.5. The van der Waals surface area contributed by atoms with E-state index < -0.39 is 11.9 Å². The lowest BCUT2D eigenvalue weighted by atomic mass is 10.2. The number of carbonyl (C=O) groups excluding carboxylic acids is 2. The molecule has 0 bridgehead atoms. The Hall–Kier alpha value is -3.02. The van der Waals surface area contributed by atoms with E-state index in [1.54, 1.807) is 55.6 Å². The zero-order valence-corrected chi connectivity index (χ0v) is 12.9. The molecule has 0 aliphatic rings. The first-order valence-corrected chi connectivity index (χ1v) is 6.88. The Morgan fingerprint density at radius 2 is 1.65 bits per heavy atom. The molecule has 120 valence electrons. The molecule has 0 aliphatic carbocycles. The maximum absolute atomic E-state index is 12.0. The van der Waals surface area contributed by atoms with Crippen molar-refractivity contribution in [1.82, 2.24) is 0 Å². The average Bonchev–Trinajstić information content (AvgIpc) is 2.60. The number of benzene rings is 2. The number of para-hydroxylation sites is 1. The van der Waals surface area contributed by atoms with E-state index in [0.29, 0.717) is 17.2 Å². The molecule has 2 rings (SSSR count). The molecule has 0 heterocycles. The second-order valence-corrected chi connectivity index (χ2v) is 4.55. The summed E-state index contributed by atoms with van der Waals surface area (Å²) in [4.78, 5) is 23.8. The fourth-order valence-electron chi connectivity index (χ4n) is 1.89. The summed E-state index contributed by atoms with van der Waals surface area (Å²) >= 11 is 0. The van der Waals surface area contributed by atoms with Crippen molar-refractivity contribution >= 4 is 17.6 Å². The zero-order chi connectivity index (χ0) is 16.7. The molecule has 0 unspecified atom stereocenters. The third-order valence-corrected chi connectivity index (χ3v) is 3.04. The maximum atomic E-state index is 12.0. The van der Waals surface area contributed by atoms with Crippen LogP contribution >= 0.6 is 0 Å². The predicted molar refractivity (Wildman–Crippen MR) is 84.9 cm³/mol. The number of esters is 1. The van der Waals surface area contributed by atoms with Crippen molar-refractivity contribution in [2.75, 3.05) is 26.1 Å². The molecule has 0 spiro atoms. The van der Waals surface area contributed by atoms with E-state index in [1.165, 1.54) is 7.11 Å². The van der Waals surface area contributed by atoms with Gasteiger partial charge in [-0.05, 0) is 36.4 Å². The van der Waals surface area contributed by atoms with Crippen LogP contribution in [0, 0.1) is 0 Å². The van der Waals surface area contributed by atoms with Gasteiger partial charge in [-0.1, -0.05) is 12.1 Å². The second kappa shape index (κ2) is 7.84. The highest BCUT2D eigenvalue weighted by molar-refractivity contribution is 5.96. The van der Waals surface area contributed by atoms with E-state index in [1.807, 2.05) is 0 Å². The normalized spacial score (nSPS) is 9.83. The van der Waals surface area contributed by atoms with Gasteiger partial charge < -0.3 is 19.5 Å². The zero-order valence-electron chi connectivity index (χ0n) is 12.9. The Morgan fingerprint density at radius 3 is 2.30 bits per heavy atom. The topological polar surface area (TPSA) is 73.9 Å². The third kappa shape index (κ3) is 4.47. The van der Waals surface area contributed by atoms with Crippen LogP contribution in [-0.4, -0.2) is 32.7 Å². The van der Waals surface area contributed by atoms with Gasteiger partial charge in [0.2, 0.25) is 0 Å². The minimum Gasteiger partial charge on any atom is -0.497 e. The SMILES string of the molecule is COc1ccc(NC(=O)COC(=O)c2ccccc2OC)cc1. The fraction of sp³-hybridized carbons (Fsp3) is 0.176. The number of anilines is 1. The van der Waals surface area contributed by atoms with Gasteiger partial charge in [0, 0.05) is 5.69 Å². The summed E-state index contributed by atoms with van der Waals surface area (Å²) in [6.07, 6.45) is 0. The highest BCUT2D eigenvalue weighted by Crippen LogP contribution is 2.18. The number of rotatable bonds is 6. The summed E-state index contributed by atoms with van der Waals surface area (Å²) in [5, 5.41) is 2.63. The lowest BCUT2D eigenvalue weighted by Crippen LogP contribution is -2.21. The van der Waals surface area contributed by atoms with Crippen LogP contribution in [-0.2, 0) is 9.53 Å². The van der Waals surface area contributed by atoms with Crippen molar-refractivity contribution in [2.24, 2.45) is 0 Å².